The fourth-order valence-electron chi connectivity index (χ4n) is 3.91. The fourth-order valence-corrected chi connectivity index (χ4v) is 3.91. The van der Waals surface area contributed by atoms with Crippen LogP contribution in [0.3, 0.4) is 0 Å². The molecule has 3 rings (SSSR count). The van der Waals surface area contributed by atoms with Crippen molar-refractivity contribution in [3.05, 3.63) is 58.2 Å². The number of methoxy groups -OCH3 is 1. The second-order valence-corrected chi connectivity index (χ2v) is 7.68. The van der Waals surface area contributed by atoms with E-state index in [0.717, 1.165) is 5.56 Å². The number of morpholine rings is 1. The molecule has 0 aliphatic carbocycles. The second kappa shape index (κ2) is 11.2. The minimum atomic E-state index is -0.502. The molecular formula is C23H30FN3O5. The number of halogens is 1. The van der Waals surface area contributed by atoms with Crippen LogP contribution in [-0.2, 0) is 14.2 Å². The highest BCUT2D eigenvalue weighted by atomic mass is 19.1. The molecule has 2 N–H and O–H groups in total. The summed E-state index contributed by atoms with van der Waals surface area (Å²) in [6.07, 6.45) is 0. The fraction of sp³-hybridized carbons (Fsp3) is 0.478. The number of ether oxygens (including phenoxy) is 3. The maximum Gasteiger partial charge on any atom is 0.340 e. The Morgan fingerprint density at radius 1 is 1.25 bits per heavy atom. The van der Waals surface area contributed by atoms with E-state index in [0.29, 0.717) is 55.4 Å². The number of amides is 1. The summed E-state index contributed by atoms with van der Waals surface area (Å²) in [5, 5.41) is 2.94. The number of nitrogens with one attached hydrogen (secondary N) is 2. The quantitative estimate of drug-likeness (QED) is 0.453. The monoisotopic (exact) mass is 447 g/mol. The van der Waals surface area contributed by atoms with Crippen molar-refractivity contribution in [2.45, 2.75) is 19.9 Å². The maximum atomic E-state index is 13.9. The first-order chi connectivity index (χ1) is 15.4. The molecule has 1 atom stereocenters. The van der Waals surface area contributed by atoms with Crippen molar-refractivity contribution in [2.75, 3.05) is 53.2 Å². The molecule has 1 fully saturated rings. The summed E-state index contributed by atoms with van der Waals surface area (Å²) in [5.74, 6) is -1.16. The molecule has 0 bridgehead atoms. The number of rotatable bonds is 9. The van der Waals surface area contributed by atoms with Crippen LogP contribution in [0.1, 0.15) is 43.7 Å². The number of esters is 1. The van der Waals surface area contributed by atoms with Crippen molar-refractivity contribution in [3.63, 3.8) is 0 Å². The lowest BCUT2D eigenvalue weighted by molar-refractivity contribution is 0.0161. The minimum absolute atomic E-state index is 0.135. The number of aryl methyl sites for hydroxylation is 1. The SMILES string of the molecule is COCCOC(=O)c1c(C)[nH]c(C(=O)NCC(c2cccc(F)c2)N2CCOCC2)c1C. The smallest absolute Gasteiger partial charge is 0.340 e. The van der Waals surface area contributed by atoms with Crippen LogP contribution in [0.25, 0.3) is 0 Å². The third kappa shape index (κ3) is 5.73. The van der Waals surface area contributed by atoms with Gasteiger partial charge in [-0.2, -0.15) is 0 Å². The van der Waals surface area contributed by atoms with Gasteiger partial charge >= 0.3 is 5.97 Å². The van der Waals surface area contributed by atoms with Crippen molar-refractivity contribution >= 4 is 11.9 Å². The Morgan fingerprint density at radius 3 is 2.69 bits per heavy atom. The summed E-state index contributed by atoms with van der Waals surface area (Å²) in [4.78, 5) is 30.5. The van der Waals surface area contributed by atoms with Crippen LogP contribution in [-0.4, -0.2) is 74.9 Å². The summed E-state index contributed by atoms with van der Waals surface area (Å²) in [7, 11) is 1.52. The van der Waals surface area contributed by atoms with Gasteiger partial charge in [0.2, 0.25) is 0 Å². The average molecular weight is 448 g/mol. The highest BCUT2D eigenvalue weighted by molar-refractivity contribution is 6.00. The number of aromatic amines is 1. The van der Waals surface area contributed by atoms with E-state index in [2.05, 4.69) is 15.2 Å². The van der Waals surface area contributed by atoms with Crippen LogP contribution in [0, 0.1) is 19.7 Å². The summed E-state index contributed by atoms with van der Waals surface area (Å²) >= 11 is 0. The van der Waals surface area contributed by atoms with E-state index >= 15 is 0 Å². The first-order valence-electron chi connectivity index (χ1n) is 10.6. The van der Waals surface area contributed by atoms with Gasteiger partial charge in [-0.05, 0) is 37.1 Å². The van der Waals surface area contributed by atoms with E-state index in [4.69, 9.17) is 14.2 Å². The number of aromatic nitrogens is 1. The Balaban J connectivity index is 1.73. The van der Waals surface area contributed by atoms with E-state index in [1.54, 1.807) is 19.9 Å². The normalized spacial score (nSPS) is 15.4. The van der Waals surface area contributed by atoms with Crippen LogP contribution >= 0.6 is 0 Å². The van der Waals surface area contributed by atoms with Gasteiger partial charge in [-0.3, -0.25) is 9.69 Å². The number of hydrogen-bond donors (Lipinski definition) is 2. The molecule has 32 heavy (non-hydrogen) atoms. The van der Waals surface area contributed by atoms with Crippen molar-refractivity contribution in [1.29, 1.82) is 0 Å². The second-order valence-electron chi connectivity index (χ2n) is 7.68. The van der Waals surface area contributed by atoms with Crippen LogP contribution in [0.2, 0.25) is 0 Å². The maximum absolute atomic E-state index is 13.9. The molecule has 1 unspecified atom stereocenters. The van der Waals surface area contributed by atoms with Gasteiger partial charge in [0, 0.05) is 32.4 Å². The van der Waals surface area contributed by atoms with Gasteiger partial charge in [0.1, 0.15) is 18.1 Å². The average Bonchev–Trinajstić information content (AvgIpc) is 3.08. The van der Waals surface area contributed by atoms with Gasteiger partial charge in [0.05, 0.1) is 31.4 Å². The zero-order valence-corrected chi connectivity index (χ0v) is 18.7. The van der Waals surface area contributed by atoms with Gasteiger partial charge < -0.3 is 24.5 Å². The topological polar surface area (TPSA) is 92.9 Å². The predicted molar refractivity (Wildman–Crippen MR) is 116 cm³/mol. The standard InChI is InChI=1S/C23H30FN3O5/c1-15-20(23(29)32-12-11-30-3)16(2)26-21(15)22(28)25-14-19(27-7-9-31-10-8-27)17-5-4-6-18(24)13-17/h4-6,13,19,26H,7-12,14H2,1-3H3,(H,25,28). The summed E-state index contributed by atoms with van der Waals surface area (Å²) < 4.78 is 29.4. The van der Waals surface area contributed by atoms with E-state index < -0.39 is 5.97 Å². The van der Waals surface area contributed by atoms with E-state index in [-0.39, 0.29) is 30.9 Å². The first-order valence-corrected chi connectivity index (χ1v) is 10.6. The molecule has 1 amide bonds. The Bertz CT molecular complexity index is 940. The molecule has 174 valence electrons. The van der Waals surface area contributed by atoms with E-state index in [1.807, 2.05) is 6.07 Å². The van der Waals surface area contributed by atoms with Crippen molar-refractivity contribution < 1.29 is 28.2 Å². The van der Waals surface area contributed by atoms with Crippen LogP contribution in [0.5, 0.6) is 0 Å². The Labute approximate surface area is 187 Å². The molecule has 1 aliphatic rings. The Kier molecular flexibility index (Phi) is 8.38. The van der Waals surface area contributed by atoms with Gasteiger partial charge in [-0.1, -0.05) is 12.1 Å². The van der Waals surface area contributed by atoms with Crippen molar-refractivity contribution in [1.82, 2.24) is 15.2 Å². The number of hydrogen-bond acceptors (Lipinski definition) is 6. The number of carbonyl (C=O) groups is 2. The number of benzene rings is 1. The van der Waals surface area contributed by atoms with Gasteiger partial charge in [-0.25, -0.2) is 9.18 Å². The van der Waals surface area contributed by atoms with E-state index in [9.17, 15) is 14.0 Å². The first kappa shape index (κ1) is 23.9. The molecule has 0 spiro atoms. The number of H-pyrrole nitrogens is 1. The zero-order valence-electron chi connectivity index (χ0n) is 18.7. The summed E-state index contributed by atoms with van der Waals surface area (Å²) in [6.45, 7) is 6.70. The van der Waals surface area contributed by atoms with Gasteiger partial charge in [-0.15, -0.1) is 0 Å². The third-order valence-corrected chi connectivity index (χ3v) is 5.57. The van der Waals surface area contributed by atoms with Crippen molar-refractivity contribution in [2.24, 2.45) is 0 Å². The summed E-state index contributed by atoms with van der Waals surface area (Å²) in [5.41, 5.74) is 2.53. The highest BCUT2D eigenvalue weighted by Crippen LogP contribution is 2.23. The lowest BCUT2D eigenvalue weighted by Gasteiger charge is -2.35. The molecular weight excluding hydrogens is 417 g/mol. The van der Waals surface area contributed by atoms with E-state index in [1.165, 1.54) is 19.2 Å². The minimum Gasteiger partial charge on any atom is -0.460 e. The van der Waals surface area contributed by atoms with Gasteiger partial charge in [0.25, 0.3) is 5.91 Å². The van der Waals surface area contributed by atoms with Crippen LogP contribution in [0.4, 0.5) is 4.39 Å². The molecule has 0 saturated carbocycles. The van der Waals surface area contributed by atoms with Crippen LogP contribution < -0.4 is 5.32 Å². The molecule has 1 aliphatic heterocycles. The Morgan fingerprint density at radius 2 is 2.00 bits per heavy atom. The number of carbonyl (C=O) groups excluding carboxylic acids is 2. The molecule has 1 aromatic heterocycles. The highest BCUT2D eigenvalue weighted by Gasteiger charge is 2.26. The largest absolute Gasteiger partial charge is 0.460 e. The molecule has 1 saturated heterocycles. The lowest BCUT2D eigenvalue weighted by atomic mass is 10.0. The molecule has 0 radical (unpaired) electrons. The van der Waals surface area contributed by atoms with Crippen LogP contribution in [0.15, 0.2) is 24.3 Å². The summed E-state index contributed by atoms with van der Waals surface area (Å²) in [6, 6.07) is 6.21. The van der Waals surface area contributed by atoms with Gasteiger partial charge in [0.15, 0.2) is 0 Å². The van der Waals surface area contributed by atoms with Crippen molar-refractivity contribution in [3.8, 4) is 0 Å². The molecule has 8 nitrogen and oxygen atoms in total. The predicted octanol–water partition coefficient (Wildman–Crippen LogP) is 2.38. The Hall–Kier alpha value is -2.75. The molecule has 9 heteroatoms. The molecule has 1 aromatic carbocycles. The molecule has 2 aromatic rings. The third-order valence-electron chi connectivity index (χ3n) is 5.57. The molecule has 2 heterocycles. The zero-order chi connectivity index (χ0) is 23.1. The number of nitrogens with zero attached hydrogens (tertiary/aromatic N) is 1. The lowest BCUT2D eigenvalue weighted by Crippen LogP contribution is -2.44.